The van der Waals surface area contributed by atoms with Gasteiger partial charge < -0.3 is 9.80 Å². The summed E-state index contributed by atoms with van der Waals surface area (Å²) in [4.78, 5) is 12.9. The summed E-state index contributed by atoms with van der Waals surface area (Å²) in [6.45, 7) is 0. The summed E-state index contributed by atoms with van der Waals surface area (Å²) in [5, 5.41) is 0. The summed E-state index contributed by atoms with van der Waals surface area (Å²) in [7, 11) is 0. The number of hydrogen-bond donors (Lipinski definition) is 0. The van der Waals surface area contributed by atoms with Gasteiger partial charge in [0, 0.05) is 0 Å². The van der Waals surface area contributed by atoms with Gasteiger partial charge in [-0.15, -0.1) is 0 Å². The second-order valence-electron chi connectivity index (χ2n) is 7.29. The summed E-state index contributed by atoms with van der Waals surface area (Å²) in [6, 6.07) is -11.2. The van der Waals surface area contributed by atoms with Crippen molar-refractivity contribution in [2.75, 3.05) is 0 Å². The lowest BCUT2D eigenvalue weighted by Gasteiger charge is -2.33. The zero-order valence-electron chi connectivity index (χ0n) is 15.0. The van der Waals surface area contributed by atoms with Crippen LogP contribution in [0.4, 0.5) is 57.5 Å². The highest BCUT2D eigenvalue weighted by Crippen LogP contribution is 2.54. The average molecular weight is 484 g/mol. The number of amides is 2. The predicted molar refractivity (Wildman–Crippen MR) is 80.8 cm³/mol. The van der Waals surface area contributed by atoms with Crippen molar-refractivity contribution in [2.45, 2.75) is 48.9 Å². The Morgan fingerprint density at radius 3 is 0.844 bits per heavy atom. The van der Waals surface area contributed by atoms with Gasteiger partial charge in [0.05, 0.1) is 46.5 Å². The van der Waals surface area contributed by atoms with Crippen molar-refractivity contribution in [1.82, 2.24) is 9.80 Å². The standard InChI is InChI=1S/C17H8F12N2O/c18-14(19,20)9-5-1-2-6(10(9)15(21,22)23)30(5)13(32)31-7-3-4-8(31)12(17(27,28)29)11(7)16(24,25)26/h1-8H. The molecule has 0 spiro atoms. The van der Waals surface area contributed by atoms with Crippen molar-refractivity contribution in [1.29, 1.82) is 0 Å². The van der Waals surface area contributed by atoms with Crippen LogP contribution < -0.4 is 0 Å². The minimum Gasteiger partial charge on any atom is -0.303 e. The van der Waals surface area contributed by atoms with Gasteiger partial charge in [-0.25, -0.2) is 4.79 Å². The number of fused-ring (bicyclic) bond motifs is 4. The van der Waals surface area contributed by atoms with E-state index in [0.717, 1.165) is 0 Å². The van der Waals surface area contributed by atoms with E-state index in [0.29, 0.717) is 24.3 Å². The number of carbonyl (C=O) groups is 1. The van der Waals surface area contributed by atoms with Crippen molar-refractivity contribution in [3.8, 4) is 0 Å². The van der Waals surface area contributed by atoms with Gasteiger partial charge in [-0.3, -0.25) is 0 Å². The molecule has 15 heteroatoms. The predicted octanol–water partition coefficient (Wildman–Crippen LogP) is 5.19. The molecule has 4 unspecified atom stereocenters. The van der Waals surface area contributed by atoms with Crippen LogP contribution in [0.5, 0.6) is 0 Å². The Hall–Kier alpha value is -2.61. The van der Waals surface area contributed by atoms with E-state index in [9.17, 15) is 57.5 Å². The van der Waals surface area contributed by atoms with E-state index in [4.69, 9.17) is 0 Å². The normalized spacial score (nSPS) is 30.0. The van der Waals surface area contributed by atoms with Crippen LogP contribution in [0.15, 0.2) is 46.6 Å². The lowest BCUT2D eigenvalue weighted by atomic mass is 9.96. The molecular formula is C17H8F12N2O. The summed E-state index contributed by atoms with van der Waals surface area (Å²) in [6.07, 6.45) is -19.8. The minimum absolute atomic E-state index is 0.00591. The van der Waals surface area contributed by atoms with Crippen molar-refractivity contribution >= 4 is 6.03 Å². The molecule has 2 amide bonds. The third-order valence-electron chi connectivity index (χ3n) is 5.58. The number of halogens is 12. The highest BCUT2D eigenvalue weighted by Gasteiger charge is 2.65. The highest BCUT2D eigenvalue weighted by atomic mass is 19.4. The monoisotopic (exact) mass is 484 g/mol. The summed E-state index contributed by atoms with van der Waals surface area (Å²) >= 11 is 0. The van der Waals surface area contributed by atoms with Gasteiger partial charge in [0.15, 0.2) is 0 Å². The van der Waals surface area contributed by atoms with Crippen LogP contribution in [0.3, 0.4) is 0 Å². The molecule has 0 aromatic carbocycles. The molecule has 0 radical (unpaired) electrons. The Kier molecular flexibility index (Phi) is 4.41. The number of carbonyl (C=O) groups excluding carboxylic acids is 1. The Bertz CT molecular complexity index is 845. The number of hydrogen-bond acceptors (Lipinski definition) is 1. The second kappa shape index (κ2) is 6.25. The van der Waals surface area contributed by atoms with Gasteiger partial charge in [0.2, 0.25) is 0 Å². The van der Waals surface area contributed by atoms with Crippen molar-refractivity contribution in [2.24, 2.45) is 0 Å². The molecule has 176 valence electrons. The molecule has 3 nitrogen and oxygen atoms in total. The summed E-state index contributed by atoms with van der Waals surface area (Å²) in [5.74, 6) is 0. The van der Waals surface area contributed by atoms with Crippen LogP contribution in [0, 0.1) is 0 Å². The fourth-order valence-electron chi connectivity index (χ4n) is 4.61. The molecule has 4 atom stereocenters. The van der Waals surface area contributed by atoms with E-state index < -0.39 is 77.2 Å². The first-order valence-corrected chi connectivity index (χ1v) is 8.61. The van der Waals surface area contributed by atoms with Gasteiger partial charge in [0.25, 0.3) is 0 Å². The molecule has 0 aromatic rings. The Labute approximate surface area is 169 Å². The number of urea groups is 1. The third-order valence-corrected chi connectivity index (χ3v) is 5.58. The van der Waals surface area contributed by atoms with E-state index in [1.807, 2.05) is 0 Å². The van der Waals surface area contributed by atoms with Gasteiger partial charge in [-0.2, -0.15) is 52.7 Å². The highest BCUT2D eigenvalue weighted by molar-refractivity contribution is 5.83. The van der Waals surface area contributed by atoms with Gasteiger partial charge >= 0.3 is 30.7 Å². The van der Waals surface area contributed by atoms with E-state index in [1.165, 1.54) is 0 Å². The second-order valence-corrected chi connectivity index (χ2v) is 7.29. The van der Waals surface area contributed by atoms with Gasteiger partial charge in [0.1, 0.15) is 0 Å². The summed E-state index contributed by atoms with van der Waals surface area (Å²) < 4.78 is 160. The van der Waals surface area contributed by atoms with E-state index >= 15 is 0 Å². The molecule has 4 heterocycles. The molecule has 0 aromatic heterocycles. The quantitative estimate of drug-likeness (QED) is 0.343. The van der Waals surface area contributed by atoms with Gasteiger partial charge in [-0.1, -0.05) is 24.3 Å². The molecule has 0 saturated carbocycles. The van der Waals surface area contributed by atoms with Crippen molar-refractivity contribution in [3.05, 3.63) is 46.6 Å². The smallest absolute Gasteiger partial charge is 0.303 e. The first-order valence-electron chi connectivity index (χ1n) is 8.61. The zero-order chi connectivity index (χ0) is 24.2. The van der Waals surface area contributed by atoms with Crippen LogP contribution in [0.2, 0.25) is 0 Å². The molecule has 4 aliphatic rings. The van der Waals surface area contributed by atoms with Gasteiger partial charge in [-0.05, 0) is 0 Å². The fourth-order valence-corrected chi connectivity index (χ4v) is 4.61. The molecule has 0 fully saturated rings. The SMILES string of the molecule is O=C(N1C2C=CC1C(C(F)(F)F)=C2C(F)(F)F)N1C2C=CC1C(C(F)(F)F)=C2C(F)(F)F. The molecule has 4 rings (SSSR count). The maximum absolute atomic E-state index is 13.4. The molecule has 0 N–H and O–H groups in total. The number of rotatable bonds is 0. The molecule has 32 heavy (non-hydrogen) atoms. The zero-order valence-corrected chi connectivity index (χ0v) is 15.0. The maximum Gasteiger partial charge on any atom is 0.415 e. The lowest BCUT2D eigenvalue weighted by Crippen LogP contribution is -2.51. The van der Waals surface area contributed by atoms with Crippen molar-refractivity contribution < 1.29 is 57.5 Å². The molecule has 0 aliphatic carbocycles. The average Bonchev–Trinajstić information content (AvgIpc) is 3.33. The number of alkyl halides is 12. The van der Waals surface area contributed by atoms with Crippen molar-refractivity contribution in [3.63, 3.8) is 0 Å². The molecule has 4 bridgehead atoms. The van der Waals surface area contributed by atoms with Crippen LogP contribution >= 0.6 is 0 Å². The minimum atomic E-state index is -5.55. The maximum atomic E-state index is 13.4. The fraction of sp³-hybridized carbons (Fsp3) is 0.471. The van der Waals surface area contributed by atoms with E-state index in [-0.39, 0.29) is 9.80 Å². The van der Waals surface area contributed by atoms with Crippen LogP contribution in [-0.4, -0.2) is 64.7 Å². The lowest BCUT2D eigenvalue weighted by molar-refractivity contribution is -0.115. The first-order chi connectivity index (χ1) is 14.4. The summed E-state index contributed by atoms with van der Waals surface area (Å²) in [5.41, 5.74) is -8.54. The van der Waals surface area contributed by atoms with E-state index in [1.54, 1.807) is 0 Å². The van der Waals surface area contributed by atoms with E-state index in [2.05, 4.69) is 0 Å². The van der Waals surface area contributed by atoms with Crippen LogP contribution in [0.25, 0.3) is 0 Å². The largest absolute Gasteiger partial charge is 0.415 e. The molecule has 4 aliphatic heterocycles. The topological polar surface area (TPSA) is 23.6 Å². The Balaban J connectivity index is 1.74. The van der Waals surface area contributed by atoms with Crippen LogP contribution in [-0.2, 0) is 0 Å². The molecule has 0 saturated heterocycles. The Morgan fingerprint density at radius 2 is 0.688 bits per heavy atom. The number of nitrogens with zero attached hydrogens (tertiary/aromatic N) is 2. The first kappa shape index (κ1) is 22.6. The Morgan fingerprint density at radius 1 is 0.500 bits per heavy atom. The third kappa shape index (κ3) is 3.03. The van der Waals surface area contributed by atoms with Crippen LogP contribution in [0.1, 0.15) is 0 Å². The molecular weight excluding hydrogens is 476 g/mol.